The normalized spacial score (nSPS) is 10.3. The smallest absolute Gasteiger partial charge is 0.256 e. The molecule has 2 aromatic carbocycles. The lowest BCUT2D eigenvalue weighted by Gasteiger charge is -2.09. The van der Waals surface area contributed by atoms with Crippen molar-refractivity contribution in [2.75, 3.05) is 19.4 Å². The minimum Gasteiger partial charge on any atom is -0.347 e. The standard InChI is InChI=1S/C19H17N5O2/c1-23(2)18(25)12-24-11-15(10-21-24)22-19(26)17-8-13(9-20)7-14-5-3-4-6-16(14)17/h3-8,10-11H,12H2,1-2H3,(H,22,26). The van der Waals surface area contributed by atoms with E-state index in [4.69, 9.17) is 0 Å². The van der Waals surface area contributed by atoms with Crippen molar-refractivity contribution in [3.63, 3.8) is 0 Å². The molecule has 0 radical (unpaired) electrons. The molecular weight excluding hydrogens is 330 g/mol. The molecule has 2 amide bonds. The molecule has 130 valence electrons. The summed E-state index contributed by atoms with van der Waals surface area (Å²) in [6.45, 7) is 0.0930. The van der Waals surface area contributed by atoms with Gasteiger partial charge in [-0.3, -0.25) is 14.3 Å². The summed E-state index contributed by atoms with van der Waals surface area (Å²) < 4.78 is 1.46. The van der Waals surface area contributed by atoms with E-state index in [0.29, 0.717) is 16.8 Å². The second-order valence-electron chi connectivity index (χ2n) is 6.03. The van der Waals surface area contributed by atoms with Crippen LogP contribution in [0.3, 0.4) is 0 Å². The maximum Gasteiger partial charge on any atom is 0.256 e. The Morgan fingerprint density at radius 3 is 2.77 bits per heavy atom. The van der Waals surface area contributed by atoms with Crippen LogP contribution in [0.25, 0.3) is 10.8 Å². The summed E-state index contributed by atoms with van der Waals surface area (Å²) in [6, 6.07) is 12.8. The Bertz CT molecular complexity index is 1030. The largest absolute Gasteiger partial charge is 0.347 e. The van der Waals surface area contributed by atoms with Crippen LogP contribution in [0.1, 0.15) is 15.9 Å². The zero-order valence-electron chi connectivity index (χ0n) is 14.4. The van der Waals surface area contributed by atoms with E-state index in [1.165, 1.54) is 15.8 Å². The van der Waals surface area contributed by atoms with Crippen LogP contribution in [0, 0.1) is 11.3 Å². The molecule has 0 atom stereocenters. The van der Waals surface area contributed by atoms with E-state index in [-0.39, 0.29) is 18.4 Å². The molecule has 0 unspecified atom stereocenters. The van der Waals surface area contributed by atoms with Gasteiger partial charge in [-0.2, -0.15) is 10.4 Å². The fraction of sp³-hybridized carbons (Fsp3) is 0.158. The lowest BCUT2D eigenvalue weighted by atomic mass is 10.0. The molecule has 0 spiro atoms. The highest BCUT2D eigenvalue weighted by Crippen LogP contribution is 2.22. The van der Waals surface area contributed by atoms with E-state index in [0.717, 1.165) is 10.8 Å². The van der Waals surface area contributed by atoms with Crippen molar-refractivity contribution in [1.29, 1.82) is 5.26 Å². The average molecular weight is 347 g/mol. The number of likely N-dealkylation sites (N-methyl/N-ethyl adjacent to an activating group) is 1. The number of hydrogen-bond acceptors (Lipinski definition) is 4. The third-order valence-corrected chi connectivity index (χ3v) is 3.92. The van der Waals surface area contributed by atoms with E-state index < -0.39 is 0 Å². The number of anilines is 1. The minimum atomic E-state index is -0.336. The van der Waals surface area contributed by atoms with Gasteiger partial charge in [0.2, 0.25) is 5.91 Å². The Balaban J connectivity index is 1.85. The maximum absolute atomic E-state index is 12.7. The number of carbonyl (C=O) groups is 2. The molecule has 0 fully saturated rings. The highest BCUT2D eigenvalue weighted by Gasteiger charge is 2.14. The molecule has 7 nitrogen and oxygen atoms in total. The zero-order chi connectivity index (χ0) is 18.7. The first kappa shape index (κ1) is 17.2. The molecule has 7 heteroatoms. The Kier molecular flexibility index (Phi) is 4.67. The Hall–Kier alpha value is -3.66. The molecule has 3 rings (SSSR count). The number of nitrogens with one attached hydrogen (secondary N) is 1. The summed E-state index contributed by atoms with van der Waals surface area (Å²) in [4.78, 5) is 25.9. The van der Waals surface area contributed by atoms with Crippen LogP contribution in [0.5, 0.6) is 0 Å². The predicted molar refractivity (Wildman–Crippen MR) is 97.5 cm³/mol. The van der Waals surface area contributed by atoms with Crippen LogP contribution in [-0.2, 0) is 11.3 Å². The average Bonchev–Trinajstić information content (AvgIpc) is 3.07. The van der Waals surface area contributed by atoms with Crippen molar-refractivity contribution in [3.8, 4) is 6.07 Å². The van der Waals surface area contributed by atoms with Gasteiger partial charge in [-0.15, -0.1) is 0 Å². The summed E-state index contributed by atoms with van der Waals surface area (Å²) >= 11 is 0. The van der Waals surface area contributed by atoms with Gasteiger partial charge in [0.25, 0.3) is 5.91 Å². The number of nitriles is 1. The van der Waals surface area contributed by atoms with Crippen LogP contribution in [0.4, 0.5) is 5.69 Å². The van der Waals surface area contributed by atoms with Crippen molar-refractivity contribution in [3.05, 3.63) is 59.9 Å². The molecule has 0 aliphatic heterocycles. The number of nitrogens with zero attached hydrogens (tertiary/aromatic N) is 4. The van der Waals surface area contributed by atoms with Crippen molar-refractivity contribution in [2.24, 2.45) is 0 Å². The highest BCUT2D eigenvalue weighted by molar-refractivity contribution is 6.13. The third kappa shape index (κ3) is 3.54. The van der Waals surface area contributed by atoms with Gasteiger partial charge in [-0.1, -0.05) is 24.3 Å². The topological polar surface area (TPSA) is 91.0 Å². The highest BCUT2D eigenvalue weighted by atomic mass is 16.2. The van der Waals surface area contributed by atoms with E-state index >= 15 is 0 Å². The number of benzene rings is 2. The van der Waals surface area contributed by atoms with E-state index in [1.807, 2.05) is 24.3 Å². The molecular formula is C19H17N5O2. The van der Waals surface area contributed by atoms with Gasteiger partial charge in [-0.25, -0.2) is 0 Å². The van der Waals surface area contributed by atoms with Crippen molar-refractivity contribution in [2.45, 2.75) is 6.54 Å². The van der Waals surface area contributed by atoms with E-state index in [2.05, 4.69) is 16.5 Å². The fourth-order valence-electron chi connectivity index (χ4n) is 2.56. The second-order valence-corrected chi connectivity index (χ2v) is 6.03. The second kappa shape index (κ2) is 7.07. The molecule has 0 aliphatic rings. The van der Waals surface area contributed by atoms with Gasteiger partial charge in [0.05, 0.1) is 23.5 Å². The predicted octanol–water partition coefficient (Wildman–Crippen LogP) is 2.25. The quantitative estimate of drug-likeness (QED) is 0.783. The molecule has 0 saturated heterocycles. The number of fused-ring (bicyclic) bond motifs is 1. The van der Waals surface area contributed by atoms with Gasteiger partial charge in [0, 0.05) is 25.9 Å². The summed E-state index contributed by atoms with van der Waals surface area (Å²) in [7, 11) is 3.34. The van der Waals surface area contributed by atoms with Crippen LogP contribution in [0.2, 0.25) is 0 Å². The molecule has 1 heterocycles. The lowest BCUT2D eigenvalue weighted by molar-refractivity contribution is -0.129. The first-order valence-electron chi connectivity index (χ1n) is 7.95. The molecule has 0 bridgehead atoms. The molecule has 3 aromatic rings. The SMILES string of the molecule is CN(C)C(=O)Cn1cc(NC(=O)c2cc(C#N)cc3ccccc23)cn1. The Morgan fingerprint density at radius 2 is 2.04 bits per heavy atom. The van der Waals surface area contributed by atoms with Gasteiger partial charge in [0.15, 0.2) is 0 Å². The maximum atomic E-state index is 12.7. The van der Waals surface area contributed by atoms with Crippen LogP contribution in [0.15, 0.2) is 48.8 Å². The van der Waals surface area contributed by atoms with Crippen LogP contribution < -0.4 is 5.32 Å². The Labute approximate surface area is 150 Å². The Morgan fingerprint density at radius 1 is 1.27 bits per heavy atom. The monoisotopic (exact) mass is 347 g/mol. The lowest BCUT2D eigenvalue weighted by Crippen LogP contribution is -2.26. The van der Waals surface area contributed by atoms with Crippen molar-refractivity contribution < 1.29 is 9.59 Å². The number of aromatic nitrogens is 2. The summed E-state index contributed by atoms with van der Waals surface area (Å²) in [5.74, 6) is -0.435. The first-order chi connectivity index (χ1) is 12.5. The number of hydrogen-bond donors (Lipinski definition) is 1. The molecule has 1 N–H and O–H groups in total. The van der Waals surface area contributed by atoms with Gasteiger partial charge in [0.1, 0.15) is 6.54 Å². The molecule has 0 saturated carbocycles. The molecule has 1 aromatic heterocycles. The molecule has 26 heavy (non-hydrogen) atoms. The summed E-state index contributed by atoms with van der Waals surface area (Å²) in [5.41, 5.74) is 1.31. The van der Waals surface area contributed by atoms with Crippen LogP contribution in [-0.4, -0.2) is 40.6 Å². The zero-order valence-corrected chi connectivity index (χ0v) is 14.4. The van der Waals surface area contributed by atoms with Gasteiger partial charge < -0.3 is 10.2 Å². The van der Waals surface area contributed by atoms with Gasteiger partial charge in [-0.05, 0) is 22.9 Å². The van der Waals surface area contributed by atoms with E-state index in [1.54, 1.807) is 32.4 Å². The first-order valence-corrected chi connectivity index (χ1v) is 7.95. The van der Waals surface area contributed by atoms with E-state index in [9.17, 15) is 14.9 Å². The summed E-state index contributed by atoms with van der Waals surface area (Å²) in [5, 5.41) is 17.6. The van der Waals surface area contributed by atoms with Crippen LogP contribution >= 0.6 is 0 Å². The molecule has 0 aliphatic carbocycles. The summed E-state index contributed by atoms with van der Waals surface area (Å²) in [6.07, 6.45) is 3.08. The van der Waals surface area contributed by atoms with Crippen molar-refractivity contribution in [1.82, 2.24) is 14.7 Å². The fourth-order valence-corrected chi connectivity index (χ4v) is 2.56. The van der Waals surface area contributed by atoms with Gasteiger partial charge >= 0.3 is 0 Å². The minimum absolute atomic E-state index is 0.0930. The third-order valence-electron chi connectivity index (χ3n) is 3.92. The number of amides is 2. The van der Waals surface area contributed by atoms with Crippen molar-refractivity contribution >= 4 is 28.3 Å². The number of carbonyl (C=O) groups excluding carboxylic acids is 2. The number of rotatable bonds is 4.